The Labute approximate surface area is 122 Å². The number of carbonyl (C=O) groups is 1. The molecule has 1 saturated heterocycles. The van der Waals surface area contributed by atoms with Gasteiger partial charge >= 0.3 is 6.03 Å². The first-order valence-corrected chi connectivity index (χ1v) is 7.24. The third-order valence-electron chi connectivity index (χ3n) is 3.94. The molecule has 4 rings (SSSR count). The number of nitrogens with one attached hydrogen (secondary N) is 1. The average Bonchev–Trinajstić information content (AvgIpc) is 3.18. The van der Waals surface area contributed by atoms with E-state index < -0.39 is 0 Å². The summed E-state index contributed by atoms with van der Waals surface area (Å²) in [5, 5.41) is 6.88. The zero-order chi connectivity index (χ0) is 14.2. The highest BCUT2D eigenvalue weighted by Crippen LogP contribution is 2.39. The molecule has 0 spiro atoms. The first-order chi connectivity index (χ1) is 10.3. The number of para-hydroxylation sites is 1. The Bertz CT molecular complexity index is 645. The summed E-state index contributed by atoms with van der Waals surface area (Å²) in [7, 11) is 0. The second-order valence-electron chi connectivity index (χ2n) is 5.66. The average molecular weight is 284 g/mol. The van der Waals surface area contributed by atoms with Crippen molar-refractivity contribution in [2.45, 2.75) is 24.7 Å². The summed E-state index contributed by atoms with van der Waals surface area (Å²) in [6, 6.07) is 9.37. The van der Waals surface area contributed by atoms with Gasteiger partial charge in [0.1, 0.15) is 0 Å². The molecule has 2 amide bonds. The quantitative estimate of drug-likeness (QED) is 0.940. The molecule has 6 nitrogen and oxygen atoms in total. The maximum atomic E-state index is 12.0. The van der Waals surface area contributed by atoms with Crippen LogP contribution in [0.15, 0.2) is 34.9 Å². The van der Waals surface area contributed by atoms with E-state index in [0.717, 1.165) is 24.4 Å². The fourth-order valence-corrected chi connectivity index (χ4v) is 2.45. The van der Waals surface area contributed by atoms with E-state index in [1.165, 1.54) is 0 Å². The van der Waals surface area contributed by atoms with Crippen LogP contribution in [0.5, 0.6) is 0 Å². The van der Waals surface area contributed by atoms with Crippen molar-refractivity contribution in [3.05, 3.63) is 42.0 Å². The van der Waals surface area contributed by atoms with E-state index in [4.69, 9.17) is 4.52 Å². The lowest BCUT2D eigenvalue weighted by Crippen LogP contribution is -2.50. The summed E-state index contributed by atoms with van der Waals surface area (Å²) < 4.78 is 5.30. The summed E-state index contributed by atoms with van der Waals surface area (Å²) in [5.41, 5.74) is 0.805. The lowest BCUT2D eigenvalue weighted by molar-refractivity contribution is 0.147. The Balaban J connectivity index is 1.32. The number of hydrogen-bond acceptors (Lipinski definition) is 4. The van der Waals surface area contributed by atoms with Gasteiger partial charge in [-0.3, -0.25) is 0 Å². The topological polar surface area (TPSA) is 71.3 Å². The standard InChI is InChI=1S/C15H16N4O2/c20-15(16-12-4-2-1-3-5-12)19-8-11(9-19)14-17-13(18-21-14)10-6-7-10/h1-5,10-11H,6-9H2,(H,16,20). The van der Waals surface area contributed by atoms with Gasteiger partial charge in [-0.25, -0.2) is 4.79 Å². The first kappa shape index (κ1) is 12.4. The molecular formula is C15H16N4O2. The molecule has 0 unspecified atom stereocenters. The summed E-state index contributed by atoms with van der Waals surface area (Å²) >= 11 is 0. The number of urea groups is 1. The minimum atomic E-state index is -0.0839. The minimum Gasteiger partial charge on any atom is -0.339 e. The highest BCUT2D eigenvalue weighted by atomic mass is 16.5. The molecule has 1 aliphatic carbocycles. The molecule has 1 aromatic carbocycles. The van der Waals surface area contributed by atoms with Crippen molar-refractivity contribution in [2.75, 3.05) is 18.4 Å². The van der Waals surface area contributed by atoms with Gasteiger partial charge < -0.3 is 14.7 Å². The number of benzene rings is 1. The second-order valence-corrected chi connectivity index (χ2v) is 5.66. The fourth-order valence-electron chi connectivity index (χ4n) is 2.45. The van der Waals surface area contributed by atoms with Gasteiger partial charge in [-0.2, -0.15) is 4.98 Å². The third-order valence-corrected chi connectivity index (χ3v) is 3.94. The molecular weight excluding hydrogens is 268 g/mol. The lowest BCUT2D eigenvalue weighted by Gasteiger charge is -2.36. The van der Waals surface area contributed by atoms with Crippen LogP contribution in [-0.4, -0.2) is 34.2 Å². The van der Waals surface area contributed by atoms with Crippen molar-refractivity contribution >= 4 is 11.7 Å². The molecule has 2 aliphatic rings. The van der Waals surface area contributed by atoms with Crippen molar-refractivity contribution < 1.29 is 9.32 Å². The molecule has 0 radical (unpaired) electrons. The number of likely N-dealkylation sites (tertiary alicyclic amines) is 1. The van der Waals surface area contributed by atoms with Gasteiger partial charge in [-0.1, -0.05) is 23.4 Å². The van der Waals surface area contributed by atoms with Crippen molar-refractivity contribution in [2.24, 2.45) is 0 Å². The first-order valence-electron chi connectivity index (χ1n) is 7.24. The Morgan fingerprint density at radius 2 is 1.95 bits per heavy atom. The molecule has 2 heterocycles. The number of anilines is 1. The normalized spacial score (nSPS) is 18.4. The summed E-state index contributed by atoms with van der Waals surface area (Å²) in [6.07, 6.45) is 2.32. The van der Waals surface area contributed by atoms with Crippen LogP contribution in [0.2, 0.25) is 0 Å². The van der Waals surface area contributed by atoms with Gasteiger partial charge in [0.25, 0.3) is 0 Å². The number of nitrogens with zero attached hydrogens (tertiary/aromatic N) is 3. The molecule has 6 heteroatoms. The van der Waals surface area contributed by atoms with E-state index in [2.05, 4.69) is 15.5 Å². The fraction of sp³-hybridized carbons (Fsp3) is 0.400. The molecule has 1 aromatic heterocycles. The summed E-state index contributed by atoms with van der Waals surface area (Å²) in [6.45, 7) is 1.26. The largest absolute Gasteiger partial charge is 0.339 e. The third kappa shape index (κ3) is 2.49. The van der Waals surface area contributed by atoms with E-state index in [1.54, 1.807) is 4.90 Å². The van der Waals surface area contributed by atoms with Crippen LogP contribution < -0.4 is 5.32 Å². The monoisotopic (exact) mass is 284 g/mol. The number of aromatic nitrogens is 2. The molecule has 1 aliphatic heterocycles. The molecule has 2 fully saturated rings. The Hall–Kier alpha value is -2.37. The molecule has 1 N–H and O–H groups in total. The SMILES string of the molecule is O=C(Nc1ccccc1)N1CC(c2nc(C3CC3)no2)C1. The van der Waals surface area contributed by atoms with Crippen LogP contribution in [0.3, 0.4) is 0 Å². The number of hydrogen-bond donors (Lipinski definition) is 1. The second kappa shape index (κ2) is 4.87. The molecule has 2 aromatic rings. The van der Waals surface area contributed by atoms with Gasteiger partial charge in [0.05, 0.1) is 5.92 Å². The molecule has 0 atom stereocenters. The van der Waals surface area contributed by atoms with Crippen LogP contribution in [0.1, 0.15) is 36.4 Å². The highest BCUT2D eigenvalue weighted by molar-refractivity contribution is 5.89. The van der Waals surface area contributed by atoms with Gasteiger partial charge in [-0.05, 0) is 25.0 Å². The van der Waals surface area contributed by atoms with E-state index in [1.807, 2.05) is 30.3 Å². The van der Waals surface area contributed by atoms with Crippen molar-refractivity contribution in [3.8, 4) is 0 Å². The Morgan fingerprint density at radius 1 is 1.19 bits per heavy atom. The van der Waals surface area contributed by atoms with Crippen LogP contribution in [0.25, 0.3) is 0 Å². The zero-order valence-corrected chi connectivity index (χ0v) is 11.5. The Kier molecular flexibility index (Phi) is 2.87. The maximum Gasteiger partial charge on any atom is 0.321 e. The number of rotatable bonds is 3. The minimum absolute atomic E-state index is 0.0839. The van der Waals surface area contributed by atoms with E-state index in [0.29, 0.717) is 24.9 Å². The predicted molar refractivity (Wildman–Crippen MR) is 76.0 cm³/mol. The van der Waals surface area contributed by atoms with Crippen molar-refractivity contribution in [1.82, 2.24) is 15.0 Å². The van der Waals surface area contributed by atoms with E-state index >= 15 is 0 Å². The smallest absolute Gasteiger partial charge is 0.321 e. The molecule has 108 valence electrons. The highest BCUT2D eigenvalue weighted by Gasteiger charge is 2.37. The van der Waals surface area contributed by atoms with Crippen LogP contribution >= 0.6 is 0 Å². The lowest BCUT2D eigenvalue weighted by atomic mass is 10.0. The van der Waals surface area contributed by atoms with E-state index in [-0.39, 0.29) is 11.9 Å². The van der Waals surface area contributed by atoms with Gasteiger partial charge in [0.15, 0.2) is 5.82 Å². The summed E-state index contributed by atoms with van der Waals surface area (Å²) in [4.78, 5) is 18.2. The van der Waals surface area contributed by atoms with Gasteiger partial charge in [-0.15, -0.1) is 0 Å². The van der Waals surface area contributed by atoms with Crippen LogP contribution in [-0.2, 0) is 0 Å². The van der Waals surface area contributed by atoms with Crippen molar-refractivity contribution in [1.29, 1.82) is 0 Å². The predicted octanol–water partition coefficient (Wildman–Crippen LogP) is 2.58. The van der Waals surface area contributed by atoms with Gasteiger partial charge in [0, 0.05) is 24.7 Å². The van der Waals surface area contributed by atoms with Gasteiger partial charge in [0.2, 0.25) is 5.89 Å². The molecule has 21 heavy (non-hydrogen) atoms. The van der Waals surface area contributed by atoms with Crippen molar-refractivity contribution in [3.63, 3.8) is 0 Å². The van der Waals surface area contributed by atoms with Crippen LogP contribution in [0, 0.1) is 0 Å². The van der Waals surface area contributed by atoms with E-state index in [9.17, 15) is 4.79 Å². The number of amides is 2. The maximum absolute atomic E-state index is 12.0. The Morgan fingerprint density at radius 3 is 2.67 bits per heavy atom. The molecule has 1 saturated carbocycles. The zero-order valence-electron chi connectivity index (χ0n) is 11.5. The summed E-state index contributed by atoms with van der Waals surface area (Å²) in [5.74, 6) is 2.17. The van der Waals surface area contributed by atoms with Crippen LogP contribution in [0.4, 0.5) is 10.5 Å². The number of carbonyl (C=O) groups excluding carboxylic acids is 1. The molecule has 0 bridgehead atoms.